The third-order valence-electron chi connectivity index (χ3n) is 3.91. The van der Waals surface area contributed by atoms with Crippen LogP contribution in [0.3, 0.4) is 0 Å². The largest absolute Gasteiger partial charge is 0.381 e. The Hall–Kier alpha value is -0.0800. The predicted molar refractivity (Wildman–Crippen MR) is 63.0 cm³/mol. The Balaban J connectivity index is 1.62. The van der Waals surface area contributed by atoms with Crippen LogP contribution in [0.2, 0.25) is 0 Å². The summed E-state index contributed by atoms with van der Waals surface area (Å²) in [4.78, 5) is 0. The van der Waals surface area contributed by atoms with Gasteiger partial charge in [0, 0.05) is 19.2 Å². The molecule has 2 heteroatoms. The highest BCUT2D eigenvalue weighted by molar-refractivity contribution is 4.83. The number of hydrogen-bond donors (Lipinski definition) is 1. The highest BCUT2D eigenvalue weighted by Gasteiger charge is 2.26. The minimum Gasteiger partial charge on any atom is -0.381 e. The molecule has 2 aliphatic carbocycles. The van der Waals surface area contributed by atoms with Gasteiger partial charge in [0.05, 0.1) is 6.10 Å². The molecule has 0 spiro atoms. The molecule has 2 fully saturated rings. The maximum Gasteiger partial charge on any atom is 0.0572 e. The topological polar surface area (TPSA) is 21.3 Å². The highest BCUT2D eigenvalue weighted by atomic mass is 16.5. The smallest absolute Gasteiger partial charge is 0.0572 e. The van der Waals surface area contributed by atoms with Gasteiger partial charge in [-0.2, -0.15) is 0 Å². The van der Waals surface area contributed by atoms with Crippen molar-refractivity contribution in [3.05, 3.63) is 0 Å². The van der Waals surface area contributed by atoms with Crippen LogP contribution in [0.4, 0.5) is 0 Å². The van der Waals surface area contributed by atoms with Gasteiger partial charge in [-0.25, -0.2) is 0 Å². The molecule has 88 valence electrons. The quantitative estimate of drug-likeness (QED) is 0.755. The van der Waals surface area contributed by atoms with Gasteiger partial charge in [0.15, 0.2) is 0 Å². The lowest BCUT2D eigenvalue weighted by molar-refractivity contribution is 0.0611. The molecule has 0 heterocycles. The van der Waals surface area contributed by atoms with Crippen LogP contribution in [0.5, 0.6) is 0 Å². The van der Waals surface area contributed by atoms with E-state index in [1.165, 1.54) is 44.9 Å². The van der Waals surface area contributed by atoms with Gasteiger partial charge in [-0.1, -0.05) is 12.8 Å². The molecule has 0 bridgehead atoms. The molecule has 1 unspecified atom stereocenters. The molecular formula is C13H25NO. The Kier molecular flexibility index (Phi) is 4.04. The zero-order chi connectivity index (χ0) is 10.7. The molecule has 0 amide bonds. The fourth-order valence-electron chi connectivity index (χ4n) is 2.79. The van der Waals surface area contributed by atoms with E-state index in [0.29, 0.717) is 6.10 Å². The zero-order valence-corrected chi connectivity index (χ0v) is 10.2. The summed E-state index contributed by atoms with van der Waals surface area (Å²) in [5, 5.41) is 3.78. The van der Waals surface area contributed by atoms with Crippen molar-refractivity contribution in [2.24, 2.45) is 5.92 Å². The molecule has 2 saturated carbocycles. The third kappa shape index (κ3) is 3.76. The molecule has 2 rings (SSSR count). The molecule has 0 saturated heterocycles. The van der Waals surface area contributed by atoms with E-state index >= 15 is 0 Å². The summed E-state index contributed by atoms with van der Waals surface area (Å²) in [6, 6.07) is 1.48. The second-order valence-electron chi connectivity index (χ2n) is 5.46. The van der Waals surface area contributed by atoms with Crippen molar-refractivity contribution in [2.75, 3.05) is 7.11 Å². The molecule has 0 aromatic heterocycles. The van der Waals surface area contributed by atoms with Crippen molar-refractivity contribution in [1.29, 1.82) is 0 Å². The maximum absolute atomic E-state index is 5.39. The van der Waals surface area contributed by atoms with E-state index in [4.69, 9.17) is 4.74 Å². The lowest BCUT2D eigenvalue weighted by atomic mass is 9.92. The van der Waals surface area contributed by atoms with Crippen molar-refractivity contribution in [3.8, 4) is 0 Å². The van der Waals surface area contributed by atoms with Gasteiger partial charge >= 0.3 is 0 Å². The minimum absolute atomic E-state index is 0.529. The van der Waals surface area contributed by atoms with Gasteiger partial charge in [0.1, 0.15) is 0 Å². The normalized spacial score (nSPS) is 34.0. The van der Waals surface area contributed by atoms with Gasteiger partial charge in [-0.3, -0.25) is 0 Å². The molecule has 0 aromatic rings. The number of rotatable bonds is 5. The molecule has 1 atom stereocenters. The monoisotopic (exact) mass is 211 g/mol. The van der Waals surface area contributed by atoms with E-state index in [1.807, 2.05) is 7.11 Å². The summed E-state index contributed by atoms with van der Waals surface area (Å²) in [6.45, 7) is 2.35. The summed E-state index contributed by atoms with van der Waals surface area (Å²) in [6.07, 6.45) is 9.95. The van der Waals surface area contributed by atoms with Crippen LogP contribution in [-0.4, -0.2) is 25.3 Å². The van der Waals surface area contributed by atoms with E-state index in [1.54, 1.807) is 0 Å². The summed E-state index contributed by atoms with van der Waals surface area (Å²) in [5.41, 5.74) is 0. The number of methoxy groups -OCH3 is 1. The molecule has 2 nitrogen and oxygen atoms in total. The van der Waals surface area contributed by atoms with Gasteiger partial charge in [-0.15, -0.1) is 0 Å². The molecule has 0 aromatic carbocycles. The van der Waals surface area contributed by atoms with E-state index < -0.39 is 0 Å². The minimum atomic E-state index is 0.529. The van der Waals surface area contributed by atoms with Gasteiger partial charge < -0.3 is 10.1 Å². The standard InChI is InChI=1S/C13H25NO/c1-10(9-11-3-4-11)14-12-5-7-13(15-2)8-6-12/h10-14H,3-9H2,1-2H3. The van der Waals surface area contributed by atoms with E-state index in [0.717, 1.165) is 18.0 Å². The van der Waals surface area contributed by atoms with Crippen LogP contribution in [0.25, 0.3) is 0 Å². The molecule has 2 aliphatic rings. The van der Waals surface area contributed by atoms with E-state index in [9.17, 15) is 0 Å². The Bertz CT molecular complexity index is 183. The summed E-state index contributed by atoms with van der Waals surface area (Å²) < 4.78 is 5.39. The lowest BCUT2D eigenvalue weighted by Gasteiger charge is -2.30. The summed E-state index contributed by atoms with van der Waals surface area (Å²) in [7, 11) is 1.84. The number of ether oxygens (including phenoxy) is 1. The predicted octanol–water partition coefficient (Wildman–Crippen LogP) is 2.72. The molecule has 0 radical (unpaired) electrons. The van der Waals surface area contributed by atoms with Crippen molar-refractivity contribution >= 4 is 0 Å². The first-order chi connectivity index (χ1) is 7.28. The second kappa shape index (κ2) is 5.31. The van der Waals surface area contributed by atoms with Crippen LogP contribution < -0.4 is 5.32 Å². The molecule has 15 heavy (non-hydrogen) atoms. The summed E-state index contributed by atoms with van der Waals surface area (Å²) >= 11 is 0. The van der Waals surface area contributed by atoms with E-state index in [2.05, 4.69) is 12.2 Å². The first-order valence-corrected chi connectivity index (χ1v) is 6.56. The van der Waals surface area contributed by atoms with Crippen LogP contribution in [0.1, 0.15) is 51.9 Å². The highest BCUT2D eigenvalue weighted by Crippen LogP contribution is 2.33. The fraction of sp³-hybridized carbons (Fsp3) is 1.00. The lowest BCUT2D eigenvalue weighted by Crippen LogP contribution is -2.40. The number of hydrogen-bond acceptors (Lipinski definition) is 2. The van der Waals surface area contributed by atoms with Crippen molar-refractivity contribution in [2.45, 2.75) is 70.1 Å². The molecule has 0 aliphatic heterocycles. The van der Waals surface area contributed by atoms with Crippen LogP contribution in [0, 0.1) is 5.92 Å². The van der Waals surface area contributed by atoms with Crippen molar-refractivity contribution < 1.29 is 4.74 Å². The Morgan fingerprint density at radius 1 is 1.13 bits per heavy atom. The van der Waals surface area contributed by atoms with Crippen LogP contribution in [-0.2, 0) is 4.74 Å². The van der Waals surface area contributed by atoms with E-state index in [-0.39, 0.29) is 0 Å². The van der Waals surface area contributed by atoms with Gasteiger partial charge in [0.25, 0.3) is 0 Å². The van der Waals surface area contributed by atoms with Gasteiger partial charge in [-0.05, 0) is 44.9 Å². The fourth-order valence-corrected chi connectivity index (χ4v) is 2.79. The second-order valence-corrected chi connectivity index (χ2v) is 5.46. The Labute approximate surface area is 93.8 Å². The Morgan fingerprint density at radius 3 is 2.33 bits per heavy atom. The number of nitrogens with one attached hydrogen (secondary N) is 1. The van der Waals surface area contributed by atoms with Crippen LogP contribution in [0.15, 0.2) is 0 Å². The van der Waals surface area contributed by atoms with Crippen molar-refractivity contribution in [3.63, 3.8) is 0 Å². The summed E-state index contributed by atoms with van der Waals surface area (Å²) in [5.74, 6) is 1.04. The Morgan fingerprint density at radius 2 is 1.80 bits per heavy atom. The van der Waals surface area contributed by atoms with Gasteiger partial charge in [0.2, 0.25) is 0 Å². The SMILES string of the molecule is COC1CCC(NC(C)CC2CC2)CC1. The molecular weight excluding hydrogens is 186 g/mol. The first kappa shape index (κ1) is 11.4. The zero-order valence-electron chi connectivity index (χ0n) is 10.2. The van der Waals surface area contributed by atoms with Crippen molar-refractivity contribution in [1.82, 2.24) is 5.32 Å². The average Bonchev–Trinajstić information content (AvgIpc) is 3.03. The first-order valence-electron chi connectivity index (χ1n) is 6.56. The van der Waals surface area contributed by atoms with Crippen LogP contribution >= 0.6 is 0 Å². The average molecular weight is 211 g/mol. The maximum atomic E-state index is 5.39. The third-order valence-corrected chi connectivity index (χ3v) is 3.91. The molecule has 1 N–H and O–H groups in total.